The molecule has 0 aliphatic carbocycles. The Hall–Kier alpha value is -3.00. The average Bonchev–Trinajstić information content (AvgIpc) is 3.07. The summed E-state index contributed by atoms with van der Waals surface area (Å²) in [6.45, 7) is 0.922. The van der Waals surface area contributed by atoms with Gasteiger partial charge in [-0.1, -0.05) is 60.3 Å². The second-order valence-electron chi connectivity index (χ2n) is 6.08. The van der Waals surface area contributed by atoms with Crippen molar-refractivity contribution in [3.05, 3.63) is 76.2 Å². The Bertz CT molecular complexity index is 969. The average molecular weight is 398 g/mol. The highest BCUT2D eigenvalue weighted by Crippen LogP contribution is 2.17. The summed E-state index contributed by atoms with van der Waals surface area (Å²) in [5, 5.41) is 9.86. The van der Waals surface area contributed by atoms with Crippen LogP contribution in [0.25, 0.3) is 0 Å². The Kier molecular flexibility index (Phi) is 6.91. The molecule has 1 aromatic heterocycles. The summed E-state index contributed by atoms with van der Waals surface area (Å²) in [5.41, 5.74) is 1.75. The molecule has 8 heteroatoms. The zero-order valence-corrected chi connectivity index (χ0v) is 16.4. The Morgan fingerprint density at radius 2 is 1.93 bits per heavy atom. The topological polar surface area (TPSA) is 89.0 Å². The number of methoxy groups -OCH3 is 1. The summed E-state index contributed by atoms with van der Waals surface area (Å²) in [7, 11) is 1.63. The second-order valence-corrected chi connectivity index (χ2v) is 7.03. The lowest BCUT2D eigenvalue weighted by Crippen LogP contribution is -2.27. The van der Waals surface area contributed by atoms with Crippen LogP contribution >= 0.6 is 11.8 Å². The lowest BCUT2D eigenvalue weighted by atomic mass is 10.1. The Labute approximate surface area is 167 Å². The van der Waals surface area contributed by atoms with Gasteiger partial charge < -0.3 is 10.1 Å². The van der Waals surface area contributed by atoms with Gasteiger partial charge >= 0.3 is 5.69 Å². The van der Waals surface area contributed by atoms with Crippen LogP contribution in [0.2, 0.25) is 0 Å². The molecule has 0 fully saturated rings. The van der Waals surface area contributed by atoms with Gasteiger partial charge in [-0.25, -0.2) is 9.89 Å². The molecule has 7 nitrogen and oxygen atoms in total. The third-order valence-corrected chi connectivity index (χ3v) is 5.12. The van der Waals surface area contributed by atoms with E-state index >= 15 is 0 Å². The number of aromatic nitrogens is 3. The zero-order chi connectivity index (χ0) is 19.8. The van der Waals surface area contributed by atoms with Crippen LogP contribution in [0, 0.1) is 0 Å². The van der Waals surface area contributed by atoms with Crippen molar-refractivity contribution in [3.63, 3.8) is 0 Å². The predicted molar refractivity (Wildman–Crippen MR) is 109 cm³/mol. The molecular weight excluding hydrogens is 376 g/mol. The second kappa shape index (κ2) is 9.80. The molecule has 3 rings (SSSR count). The van der Waals surface area contributed by atoms with Crippen molar-refractivity contribution in [2.75, 3.05) is 19.4 Å². The van der Waals surface area contributed by atoms with Crippen molar-refractivity contribution in [2.24, 2.45) is 0 Å². The summed E-state index contributed by atoms with van der Waals surface area (Å²) in [4.78, 5) is 24.1. The Balaban J connectivity index is 1.50. The van der Waals surface area contributed by atoms with Gasteiger partial charge in [0.05, 0.1) is 19.4 Å². The van der Waals surface area contributed by atoms with E-state index in [4.69, 9.17) is 4.74 Å². The fraction of sp³-hybridized carbons (Fsp3) is 0.250. The first-order valence-electron chi connectivity index (χ1n) is 8.88. The van der Waals surface area contributed by atoms with E-state index in [1.165, 1.54) is 16.3 Å². The summed E-state index contributed by atoms with van der Waals surface area (Å²) in [6.07, 6.45) is 0.682. The molecule has 146 valence electrons. The van der Waals surface area contributed by atoms with E-state index in [0.29, 0.717) is 24.7 Å². The minimum Gasteiger partial charge on any atom is -0.496 e. The van der Waals surface area contributed by atoms with E-state index in [1.807, 2.05) is 54.6 Å². The molecular formula is C20H22N4O3S. The number of ether oxygens (including phenoxy) is 1. The molecule has 1 amide bonds. The molecule has 28 heavy (non-hydrogen) atoms. The number of rotatable bonds is 9. The standard InChI is InChI=1S/C20H22N4O3S/c1-27-17-10-6-5-9-16(17)11-12-21-18(25)14-28-20-23-22-19(26)24(20)13-15-7-3-2-4-8-15/h2-10H,11-14H2,1H3,(H,21,25)(H,22,26). The highest BCUT2D eigenvalue weighted by molar-refractivity contribution is 7.99. The van der Waals surface area contributed by atoms with Crippen molar-refractivity contribution in [1.82, 2.24) is 20.1 Å². The Morgan fingerprint density at radius 1 is 1.18 bits per heavy atom. The first kappa shape index (κ1) is 19.8. The molecule has 0 bridgehead atoms. The van der Waals surface area contributed by atoms with Gasteiger partial charge in [0, 0.05) is 6.54 Å². The van der Waals surface area contributed by atoms with Crippen LogP contribution in [0.15, 0.2) is 64.5 Å². The number of carbonyl (C=O) groups excluding carboxylic acids is 1. The maximum Gasteiger partial charge on any atom is 0.344 e. The summed E-state index contributed by atoms with van der Waals surface area (Å²) >= 11 is 1.23. The molecule has 0 aliphatic heterocycles. The van der Waals surface area contributed by atoms with Crippen LogP contribution in [0.5, 0.6) is 5.75 Å². The molecule has 2 N–H and O–H groups in total. The Morgan fingerprint density at radius 3 is 2.71 bits per heavy atom. The van der Waals surface area contributed by atoms with Gasteiger partial charge in [-0.05, 0) is 23.6 Å². The fourth-order valence-corrected chi connectivity index (χ4v) is 3.52. The van der Waals surface area contributed by atoms with Gasteiger partial charge in [-0.3, -0.25) is 9.36 Å². The summed E-state index contributed by atoms with van der Waals surface area (Å²) < 4.78 is 6.84. The van der Waals surface area contributed by atoms with Gasteiger partial charge in [-0.15, -0.1) is 5.10 Å². The highest BCUT2D eigenvalue weighted by atomic mass is 32.2. The van der Waals surface area contributed by atoms with Crippen LogP contribution in [0.4, 0.5) is 0 Å². The van der Waals surface area contributed by atoms with Gasteiger partial charge in [-0.2, -0.15) is 0 Å². The summed E-state index contributed by atoms with van der Waals surface area (Å²) in [5.74, 6) is 0.888. The van der Waals surface area contributed by atoms with Crippen molar-refractivity contribution < 1.29 is 9.53 Å². The third kappa shape index (κ3) is 5.26. The van der Waals surface area contributed by atoms with E-state index in [9.17, 15) is 9.59 Å². The monoisotopic (exact) mass is 398 g/mol. The van der Waals surface area contributed by atoms with Crippen molar-refractivity contribution in [2.45, 2.75) is 18.1 Å². The smallest absolute Gasteiger partial charge is 0.344 e. The molecule has 1 heterocycles. The molecule has 3 aromatic rings. The van der Waals surface area contributed by atoms with Crippen LogP contribution in [-0.2, 0) is 17.8 Å². The molecule has 0 atom stereocenters. The maximum atomic E-state index is 12.1. The van der Waals surface area contributed by atoms with Crippen LogP contribution in [0.1, 0.15) is 11.1 Å². The first-order chi connectivity index (χ1) is 13.7. The highest BCUT2D eigenvalue weighted by Gasteiger charge is 2.12. The molecule has 0 aliphatic rings. The SMILES string of the molecule is COc1ccccc1CCNC(=O)CSc1n[nH]c(=O)n1Cc1ccccc1. The number of nitrogens with zero attached hydrogens (tertiary/aromatic N) is 2. The molecule has 2 aromatic carbocycles. The van der Waals surface area contributed by atoms with E-state index in [1.54, 1.807) is 7.11 Å². The summed E-state index contributed by atoms with van der Waals surface area (Å²) in [6, 6.07) is 17.4. The molecule has 0 saturated carbocycles. The normalized spacial score (nSPS) is 10.6. The number of benzene rings is 2. The maximum absolute atomic E-state index is 12.1. The molecule has 0 spiro atoms. The van der Waals surface area contributed by atoms with E-state index < -0.39 is 0 Å². The zero-order valence-electron chi connectivity index (χ0n) is 15.6. The minimum atomic E-state index is -0.289. The lowest BCUT2D eigenvalue weighted by Gasteiger charge is -2.09. The van der Waals surface area contributed by atoms with Crippen LogP contribution < -0.4 is 15.7 Å². The molecule has 0 radical (unpaired) electrons. The van der Waals surface area contributed by atoms with Gasteiger partial charge in [0.2, 0.25) is 5.91 Å². The number of para-hydroxylation sites is 1. The fourth-order valence-electron chi connectivity index (χ4n) is 2.75. The van der Waals surface area contributed by atoms with Gasteiger partial charge in [0.25, 0.3) is 0 Å². The molecule has 0 saturated heterocycles. The van der Waals surface area contributed by atoms with E-state index in [0.717, 1.165) is 16.9 Å². The van der Waals surface area contributed by atoms with E-state index in [2.05, 4.69) is 15.5 Å². The third-order valence-electron chi connectivity index (χ3n) is 4.15. The number of hydrogen-bond acceptors (Lipinski definition) is 5. The van der Waals surface area contributed by atoms with Crippen molar-refractivity contribution in [1.29, 1.82) is 0 Å². The first-order valence-corrected chi connectivity index (χ1v) is 9.86. The van der Waals surface area contributed by atoms with Gasteiger partial charge in [0.1, 0.15) is 5.75 Å². The number of carbonyl (C=O) groups is 1. The van der Waals surface area contributed by atoms with Crippen molar-refractivity contribution in [3.8, 4) is 5.75 Å². The predicted octanol–water partition coefficient (Wildman–Crippen LogP) is 2.08. The number of H-pyrrole nitrogens is 1. The minimum absolute atomic E-state index is 0.110. The number of nitrogens with one attached hydrogen (secondary N) is 2. The van der Waals surface area contributed by atoms with Crippen LogP contribution in [0.3, 0.4) is 0 Å². The van der Waals surface area contributed by atoms with Crippen molar-refractivity contribution >= 4 is 17.7 Å². The van der Waals surface area contributed by atoms with Gasteiger partial charge in [0.15, 0.2) is 5.16 Å². The quantitative estimate of drug-likeness (QED) is 0.539. The largest absolute Gasteiger partial charge is 0.496 e. The number of amides is 1. The van der Waals surface area contributed by atoms with E-state index in [-0.39, 0.29) is 17.3 Å². The van der Waals surface area contributed by atoms with Crippen LogP contribution in [-0.4, -0.2) is 40.1 Å². The number of aromatic amines is 1. The molecule has 0 unspecified atom stereocenters. The lowest BCUT2D eigenvalue weighted by molar-refractivity contribution is -0.118. The number of hydrogen-bond donors (Lipinski definition) is 2. The number of thioether (sulfide) groups is 1.